The molecule has 0 spiro atoms. The Hall–Kier alpha value is -1.58. The van der Waals surface area contributed by atoms with Crippen molar-refractivity contribution in [1.29, 1.82) is 0 Å². The van der Waals surface area contributed by atoms with E-state index in [1.165, 1.54) is 0 Å². The summed E-state index contributed by atoms with van der Waals surface area (Å²) in [5.41, 5.74) is -0.503. The van der Waals surface area contributed by atoms with Gasteiger partial charge in [0.2, 0.25) is 0 Å². The third-order valence-electron chi connectivity index (χ3n) is 3.09. The predicted octanol–water partition coefficient (Wildman–Crippen LogP) is 4.70. The van der Waals surface area contributed by atoms with Crippen molar-refractivity contribution in [3.8, 4) is 11.5 Å². The van der Waals surface area contributed by atoms with Crippen LogP contribution >= 0.6 is 11.6 Å². The Labute approximate surface area is 122 Å². The van der Waals surface area contributed by atoms with E-state index in [1.54, 1.807) is 55.5 Å². The average molecular weight is 295 g/mol. The monoisotopic (exact) mass is 294 g/mol. The minimum Gasteiger partial charge on any atom is -0.457 e. The molecular weight excluding hydrogens is 279 g/mol. The zero-order valence-electron chi connectivity index (χ0n) is 11.1. The highest BCUT2D eigenvalue weighted by atomic mass is 35.5. The highest BCUT2D eigenvalue weighted by Crippen LogP contribution is 2.29. The lowest BCUT2D eigenvalue weighted by Gasteiger charge is -2.22. The van der Waals surface area contributed by atoms with Gasteiger partial charge < -0.3 is 9.84 Å². The Morgan fingerprint density at radius 2 is 1.85 bits per heavy atom. The molecule has 4 heteroatoms. The van der Waals surface area contributed by atoms with Crippen LogP contribution in [-0.2, 0) is 5.60 Å². The lowest BCUT2D eigenvalue weighted by Crippen LogP contribution is -2.21. The molecule has 0 saturated carbocycles. The second-order valence-electron chi connectivity index (χ2n) is 4.80. The Bertz CT molecular complexity index is 567. The van der Waals surface area contributed by atoms with Crippen LogP contribution in [0.4, 0.5) is 4.39 Å². The van der Waals surface area contributed by atoms with Gasteiger partial charge in [-0.05, 0) is 42.8 Å². The van der Waals surface area contributed by atoms with E-state index in [-0.39, 0.29) is 6.42 Å². The van der Waals surface area contributed by atoms with Crippen molar-refractivity contribution >= 4 is 11.6 Å². The van der Waals surface area contributed by atoms with Crippen LogP contribution in [0.2, 0.25) is 5.02 Å². The van der Waals surface area contributed by atoms with Crippen LogP contribution in [0, 0.1) is 0 Å². The number of ether oxygens (including phenoxy) is 1. The summed E-state index contributed by atoms with van der Waals surface area (Å²) in [4.78, 5) is 0. The second kappa shape index (κ2) is 6.25. The molecule has 0 saturated heterocycles. The Kier molecular flexibility index (Phi) is 4.63. The molecule has 2 aromatic carbocycles. The fourth-order valence-electron chi connectivity index (χ4n) is 1.88. The van der Waals surface area contributed by atoms with E-state index >= 15 is 0 Å². The molecular formula is C16H16ClFO2. The van der Waals surface area contributed by atoms with Crippen molar-refractivity contribution in [2.24, 2.45) is 0 Å². The average Bonchev–Trinajstić information content (AvgIpc) is 2.39. The lowest BCUT2D eigenvalue weighted by molar-refractivity contribution is 0.0408. The standard InChI is InChI=1S/C16H16ClFO2/c1-16(19,9-10-18)12-5-7-14(8-6-12)20-15-4-2-3-13(17)11-15/h2-8,11,19H,9-10H2,1H3. The van der Waals surface area contributed by atoms with Crippen LogP contribution < -0.4 is 4.74 Å². The molecule has 0 fully saturated rings. The van der Waals surface area contributed by atoms with E-state index in [0.29, 0.717) is 22.1 Å². The van der Waals surface area contributed by atoms with Crippen LogP contribution in [0.3, 0.4) is 0 Å². The molecule has 2 rings (SSSR count). The molecule has 0 aliphatic rings. The van der Waals surface area contributed by atoms with Crippen molar-refractivity contribution in [3.05, 3.63) is 59.1 Å². The summed E-state index contributed by atoms with van der Waals surface area (Å²) in [6.45, 7) is 1.03. The molecule has 0 bridgehead atoms. The number of benzene rings is 2. The van der Waals surface area contributed by atoms with Gasteiger partial charge in [-0.3, -0.25) is 4.39 Å². The summed E-state index contributed by atoms with van der Waals surface area (Å²) in [7, 11) is 0. The number of aliphatic hydroxyl groups is 1. The summed E-state index contributed by atoms with van der Waals surface area (Å²) in [6.07, 6.45) is 0.0709. The number of alkyl halides is 1. The second-order valence-corrected chi connectivity index (χ2v) is 5.23. The van der Waals surface area contributed by atoms with E-state index in [0.717, 1.165) is 0 Å². The van der Waals surface area contributed by atoms with Crippen LogP contribution in [0.5, 0.6) is 11.5 Å². The summed E-state index contributed by atoms with van der Waals surface area (Å²) in [5, 5.41) is 10.7. The predicted molar refractivity (Wildman–Crippen MR) is 78.1 cm³/mol. The van der Waals surface area contributed by atoms with Crippen LogP contribution in [0.15, 0.2) is 48.5 Å². The zero-order chi connectivity index (χ0) is 14.6. The first-order valence-corrected chi connectivity index (χ1v) is 6.71. The van der Waals surface area contributed by atoms with Gasteiger partial charge in [-0.2, -0.15) is 0 Å². The van der Waals surface area contributed by atoms with Crippen molar-refractivity contribution in [2.75, 3.05) is 6.67 Å². The van der Waals surface area contributed by atoms with Gasteiger partial charge in [-0.15, -0.1) is 0 Å². The minimum atomic E-state index is -1.16. The summed E-state index contributed by atoms with van der Waals surface area (Å²) >= 11 is 5.88. The first-order valence-electron chi connectivity index (χ1n) is 6.33. The summed E-state index contributed by atoms with van der Waals surface area (Å²) < 4.78 is 18.0. The molecule has 0 heterocycles. The van der Waals surface area contributed by atoms with E-state index in [9.17, 15) is 9.50 Å². The minimum absolute atomic E-state index is 0.0709. The largest absolute Gasteiger partial charge is 0.457 e. The molecule has 0 radical (unpaired) electrons. The fourth-order valence-corrected chi connectivity index (χ4v) is 2.06. The van der Waals surface area contributed by atoms with Crippen molar-refractivity contribution in [3.63, 3.8) is 0 Å². The maximum Gasteiger partial charge on any atom is 0.128 e. The summed E-state index contributed by atoms with van der Waals surface area (Å²) in [6, 6.07) is 14.0. The summed E-state index contributed by atoms with van der Waals surface area (Å²) in [5.74, 6) is 1.27. The lowest BCUT2D eigenvalue weighted by atomic mass is 9.93. The van der Waals surface area contributed by atoms with Gasteiger partial charge in [0.1, 0.15) is 11.5 Å². The number of halogens is 2. The number of hydrogen-bond acceptors (Lipinski definition) is 2. The SMILES string of the molecule is CC(O)(CCF)c1ccc(Oc2cccc(Cl)c2)cc1. The van der Waals surface area contributed by atoms with Crippen LogP contribution in [-0.4, -0.2) is 11.8 Å². The van der Waals surface area contributed by atoms with Crippen LogP contribution in [0.25, 0.3) is 0 Å². The molecule has 0 amide bonds. The van der Waals surface area contributed by atoms with Gasteiger partial charge >= 0.3 is 0 Å². The number of hydrogen-bond donors (Lipinski definition) is 1. The highest BCUT2D eigenvalue weighted by molar-refractivity contribution is 6.30. The smallest absolute Gasteiger partial charge is 0.128 e. The van der Waals surface area contributed by atoms with Crippen LogP contribution in [0.1, 0.15) is 18.9 Å². The molecule has 0 aliphatic carbocycles. The molecule has 106 valence electrons. The van der Waals surface area contributed by atoms with Gasteiger partial charge in [0.15, 0.2) is 0 Å². The molecule has 1 unspecified atom stereocenters. The molecule has 0 aromatic heterocycles. The van der Waals surface area contributed by atoms with Gasteiger partial charge in [0.25, 0.3) is 0 Å². The van der Waals surface area contributed by atoms with Crippen molar-refractivity contribution in [2.45, 2.75) is 18.9 Å². The van der Waals surface area contributed by atoms with Crippen molar-refractivity contribution in [1.82, 2.24) is 0 Å². The zero-order valence-corrected chi connectivity index (χ0v) is 11.9. The maximum atomic E-state index is 12.4. The normalized spacial score (nSPS) is 13.8. The Morgan fingerprint density at radius 3 is 2.45 bits per heavy atom. The third kappa shape index (κ3) is 3.71. The first kappa shape index (κ1) is 14.8. The van der Waals surface area contributed by atoms with E-state index in [2.05, 4.69) is 0 Å². The molecule has 2 nitrogen and oxygen atoms in total. The molecule has 1 N–H and O–H groups in total. The Balaban J connectivity index is 2.12. The fraction of sp³-hybridized carbons (Fsp3) is 0.250. The van der Waals surface area contributed by atoms with E-state index in [1.807, 2.05) is 0 Å². The van der Waals surface area contributed by atoms with Gasteiger partial charge in [0.05, 0.1) is 12.3 Å². The van der Waals surface area contributed by atoms with Gasteiger partial charge in [-0.1, -0.05) is 29.8 Å². The topological polar surface area (TPSA) is 29.5 Å². The number of rotatable bonds is 5. The molecule has 0 aliphatic heterocycles. The van der Waals surface area contributed by atoms with Gasteiger partial charge in [-0.25, -0.2) is 0 Å². The van der Waals surface area contributed by atoms with Crippen molar-refractivity contribution < 1.29 is 14.2 Å². The van der Waals surface area contributed by atoms with E-state index < -0.39 is 12.3 Å². The Morgan fingerprint density at radius 1 is 1.15 bits per heavy atom. The quantitative estimate of drug-likeness (QED) is 0.866. The van der Waals surface area contributed by atoms with Gasteiger partial charge in [0, 0.05) is 11.4 Å². The molecule has 1 atom stereocenters. The molecule has 20 heavy (non-hydrogen) atoms. The first-order chi connectivity index (χ1) is 9.51. The van der Waals surface area contributed by atoms with E-state index in [4.69, 9.17) is 16.3 Å². The third-order valence-corrected chi connectivity index (χ3v) is 3.32. The maximum absolute atomic E-state index is 12.4. The molecule has 2 aromatic rings. The highest BCUT2D eigenvalue weighted by Gasteiger charge is 2.22.